The fourth-order valence-electron chi connectivity index (χ4n) is 9.45. The summed E-state index contributed by atoms with van der Waals surface area (Å²) in [5, 5.41) is 13.5. The number of hydrogen-bond acceptors (Lipinski definition) is 6. The van der Waals surface area contributed by atoms with Crippen molar-refractivity contribution in [3.8, 4) is 0 Å². The zero-order valence-electron chi connectivity index (χ0n) is 24.9. The van der Waals surface area contributed by atoms with Crippen molar-refractivity contribution in [2.45, 2.75) is 94.3 Å². The van der Waals surface area contributed by atoms with Gasteiger partial charge in [0.2, 0.25) is 23.6 Å². The van der Waals surface area contributed by atoms with Gasteiger partial charge in [-0.2, -0.15) is 0 Å². The minimum absolute atomic E-state index is 0.0735. The Morgan fingerprint density at radius 2 is 1.19 bits per heavy atom. The zero-order valence-corrected chi connectivity index (χ0v) is 24.9. The largest absolute Gasteiger partial charge is 0.364 e. The number of nitrogens with zero attached hydrogens (tertiary/aromatic N) is 2. The zero-order chi connectivity index (χ0) is 30.0. The molecular weight excluding hydrogens is 544 g/mol. The first-order valence-corrected chi connectivity index (χ1v) is 15.6. The second-order valence-electron chi connectivity index (χ2n) is 14.0. The summed E-state index contributed by atoms with van der Waals surface area (Å²) >= 11 is 0. The van der Waals surface area contributed by atoms with Crippen LogP contribution in [0.2, 0.25) is 0 Å². The van der Waals surface area contributed by atoms with Crippen LogP contribution >= 0.6 is 0 Å². The van der Waals surface area contributed by atoms with Crippen LogP contribution in [0.25, 0.3) is 0 Å². The molecule has 0 spiro atoms. The summed E-state index contributed by atoms with van der Waals surface area (Å²) in [4.78, 5) is 59.7. The first-order chi connectivity index (χ1) is 20.6. The van der Waals surface area contributed by atoms with Crippen LogP contribution in [0.4, 0.5) is 11.4 Å². The molecule has 4 N–H and O–H groups in total. The molecule has 8 atom stereocenters. The van der Waals surface area contributed by atoms with Gasteiger partial charge in [0, 0.05) is 11.4 Å². The quantitative estimate of drug-likeness (QED) is 0.439. The molecule has 2 aromatic carbocycles. The molecule has 6 aliphatic rings. The summed E-state index contributed by atoms with van der Waals surface area (Å²) in [6.07, 6.45) is 0.252. The van der Waals surface area contributed by atoms with Crippen LogP contribution in [0.3, 0.4) is 0 Å². The van der Waals surface area contributed by atoms with Crippen LogP contribution < -0.4 is 21.3 Å². The Labute approximate surface area is 250 Å². The van der Waals surface area contributed by atoms with Gasteiger partial charge in [0.1, 0.15) is 36.5 Å². The van der Waals surface area contributed by atoms with Crippen molar-refractivity contribution < 1.29 is 19.2 Å². The highest BCUT2D eigenvalue weighted by atomic mass is 16.2. The van der Waals surface area contributed by atoms with Crippen molar-refractivity contribution in [1.29, 1.82) is 0 Å². The summed E-state index contributed by atoms with van der Waals surface area (Å²) in [5.41, 5.74) is 2.27. The van der Waals surface area contributed by atoms with Gasteiger partial charge in [0.15, 0.2) is 0 Å². The van der Waals surface area contributed by atoms with E-state index in [0.29, 0.717) is 19.3 Å². The molecule has 8 rings (SSSR count). The van der Waals surface area contributed by atoms with Gasteiger partial charge in [0.05, 0.1) is 10.8 Å². The first kappa shape index (κ1) is 26.5. The molecule has 10 heteroatoms. The Kier molecular flexibility index (Phi) is 5.39. The van der Waals surface area contributed by atoms with E-state index in [1.165, 1.54) is 0 Å². The van der Waals surface area contributed by atoms with Gasteiger partial charge < -0.3 is 31.1 Å². The van der Waals surface area contributed by atoms with Gasteiger partial charge in [-0.1, -0.05) is 64.1 Å². The lowest BCUT2D eigenvalue weighted by Crippen LogP contribution is -2.67. The number of piperazine rings is 2. The summed E-state index contributed by atoms with van der Waals surface area (Å²) in [5.74, 6) is -0.321. The van der Waals surface area contributed by atoms with E-state index in [2.05, 4.69) is 47.2 Å². The third-order valence-corrected chi connectivity index (χ3v) is 11.1. The van der Waals surface area contributed by atoms with Crippen molar-refractivity contribution in [2.75, 3.05) is 10.6 Å². The highest BCUT2D eigenvalue weighted by molar-refractivity contribution is 6.01. The maximum Gasteiger partial charge on any atom is 0.247 e. The molecule has 224 valence electrons. The Morgan fingerprint density at radius 3 is 1.70 bits per heavy atom. The summed E-state index contributed by atoms with van der Waals surface area (Å²) < 4.78 is 0. The van der Waals surface area contributed by atoms with Crippen LogP contribution in [-0.2, 0) is 30.0 Å². The predicted molar refractivity (Wildman–Crippen MR) is 160 cm³/mol. The van der Waals surface area contributed by atoms with E-state index in [0.717, 1.165) is 22.5 Å². The third kappa shape index (κ3) is 3.14. The van der Waals surface area contributed by atoms with Gasteiger partial charge in [-0.05, 0) is 54.4 Å². The van der Waals surface area contributed by atoms with Crippen LogP contribution in [0.15, 0.2) is 48.5 Å². The number of carbonyl (C=O) groups excluding carboxylic acids is 4. The summed E-state index contributed by atoms with van der Waals surface area (Å²) in [6, 6.07) is 13.6. The molecule has 10 nitrogen and oxygen atoms in total. The smallest absolute Gasteiger partial charge is 0.247 e. The van der Waals surface area contributed by atoms with Crippen molar-refractivity contribution in [3.05, 3.63) is 59.7 Å². The SMILES string of the molecule is CC(C)C[C@H]1NC(=O)[C@H]2CC3([C@@]45C[C@@H]6C(=O)N[C@H](C(C)C)C(=O)N6[C@@H]4Nc4ccccc45)c4ccccc4N[C@H]3N2C1=O. The Bertz CT molecular complexity index is 1590. The number of para-hydroxylation sites is 2. The number of nitrogens with one attached hydrogen (secondary N) is 4. The molecule has 6 aliphatic heterocycles. The second kappa shape index (κ2) is 8.74. The molecule has 4 amide bonds. The highest BCUT2D eigenvalue weighted by Gasteiger charge is 2.78. The third-order valence-electron chi connectivity index (χ3n) is 11.1. The second-order valence-corrected chi connectivity index (χ2v) is 14.0. The van der Waals surface area contributed by atoms with Crippen LogP contribution in [0, 0.1) is 11.8 Å². The molecular formula is C33H38N6O4. The molecule has 0 aliphatic carbocycles. The topological polar surface area (TPSA) is 123 Å². The van der Waals surface area contributed by atoms with Gasteiger partial charge in [-0.3, -0.25) is 19.2 Å². The maximum absolute atomic E-state index is 14.3. The fourth-order valence-corrected chi connectivity index (χ4v) is 9.45. The maximum atomic E-state index is 14.3. The van der Waals surface area contributed by atoms with E-state index in [9.17, 15) is 19.2 Å². The van der Waals surface area contributed by atoms with Crippen molar-refractivity contribution >= 4 is 35.0 Å². The van der Waals surface area contributed by atoms with Gasteiger partial charge in [0.25, 0.3) is 0 Å². The van der Waals surface area contributed by atoms with E-state index in [1.807, 2.05) is 50.2 Å². The van der Waals surface area contributed by atoms with Crippen molar-refractivity contribution in [2.24, 2.45) is 11.8 Å². The summed E-state index contributed by atoms with van der Waals surface area (Å²) in [6.45, 7) is 7.99. The predicted octanol–water partition coefficient (Wildman–Crippen LogP) is 2.27. The van der Waals surface area contributed by atoms with Crippen molar-refractivity contribution in [3.63, 3.8) is 0 Å². The molecule has 0 saturated carbocycles. The number of anilines is 2. The van der Waals surface area contributed by atoms with E-state index in [1.54, 1.807) is 9.80 Å². The molecule has 4 fully saturated rings. The Balaban J connectivity index is 1.37. The first-order valence-electron chi connectivity index (χ1n) is 15.6. The minimum atomic E-state index is -0.803. The lowest BCUT2D eigenvalue weighted by molar-refractivity contribution is -0.150. The highest BCUT2D eigenvalue weighted by Crippen LogP contribution is 2.68. The monoisotopic (exact) mass is 582 g/mol. The fraction of sp³-hybridized carbons (Fsp3) is 0.515. The number of amides is 4. The molecule has 6 heterocycles. The number of rotatable bonds is 4. The van der Waals surface area contributed by atoms with Gasteiger partial charge >= 0.3 is 0 Å². The molecule has 43 heavy (non-hydrogen) atoms. The molecule has 2 aromatic rings. The van der Waals surface area contributed by atoms with E-state index in [4.69, 9.17) is 0 Å². The number of carbonyl (C=O) groups is 4. The standard InChI is InChI=1S/C33H38N6O4/c1-16(2)13-22-28(42)38-23(26(40)34-22)14-32(18-9-5-7-11-20(18)35-30(32)38)33-15-24-27(41)37-25(17(3)4)29(43)39(24)31(33)36-21-12-8-6-10-19(21)33/h5-12,16-17,22-25,30-31,35-36H,13-15H2,1-4H3,(H,34,40)(H,37,41)/t22-,23-,24-,25-,30+,31+,32?,33-/m1/s1. The number of benzene rings is 2. The van der Waals surface area contributed by atoms with Gasteiger partial charge in [-0.25, -0.2) is 0 Å². The number of hydrogen-bond donors (Lipinski definition) is 4. The molecule has 0 aromatic heterocycles. The van der Waals surface area contributed by atoms with Gasteiger partial charge in [-0.15, -0.1) is 0 Å². The Morgan fingerprint density at radius 1 is 0.698 bits per heavy atom. The average Bonchev–Trinajstić information content (AvgIpc) is 3.67. The van der Waals surface area contributed by atoms with E-state index in [-0.39, 0.29) is 35.5 Å². The normalized spacial score (nSPS) is 36.8. The minimum Gasteiger partial charge on any atom is -0.364 e. The average molecular weight is 583 g/mol. The number of fused-ring (bicyclic) bond motifs is 11. The molecule has 0 bridgehead atoms. The van der Waals surface area contributed by atoms with Crippen LogP contribution in [0.5, 0.6) is 0 Å². The van der Waals surface area contributed by atoms with Crippen LogP contribution in [-0.4, -0.2) is 69.9 Å². The van der Waals surface area contributed by atoms with E-state index < -0.39 is 47.3 Å². The Hall–Kier alpha value is -4.08. The van der Waals surface area contributed by atoms with Crippen molar-refractivity contribution in [1.82, 2.24) is 20.4 Å². The molecule has 4 saturated heterocycles. The van der Waals surface area contributed by atoms with E-state index >= 15 is 0 Å². The summed E-state index contributed by atoms with van der Waals surface area (Å²) in [7, 11) is 0. The molecule has 0 radical (unpaired) electrons. The lowest BCUT2D eigenvalue weighted by atomic mass is 9.54. The van der Waals surface area contributed by atoms with Crippen LogP contribution in [0.1, 0.15) is 58.1 Å². The lowest BCUT2D eigenvalue weighted by Gasteiger charge is -2.48. The molecule has 1 unspecified atom stereocenters.